The lowest BCUT2D eigenvalue weighted by molar-refractivity contribution is -0.139. The van der Waals surface area contributed by atoms with Crippen LogP contribution in [0.25, 0.3) is 0 Å². The van der Waals surface area contributed by atoms with Crippen molar-refractivity contribution in [3.63, 3.8) is 0 Å². The number of carbonyl (C=O) groups excluding carboxylic acids is 1. The lowest BCUT2D eigenvalue weighted by Crippen LogP contribution is -2.56. The van der Waals surface area contributed by atoms with Crippen LogP contribution in [0, 0.1) is 0 Å². The first-order valence-corrected chi connectivity index (χ1v) is 11.5. The maximum Gasteiger partial charge on any atom is 0.423 e. The van der Waals surface area contributed by atoms with Gasteiger partial charge in [0.25, 0.3) is 5.56 Å². The summed E-state index contributed by atoms with van der Waals surface area (Å²) >= 11 is 0. The topological polar surface area (TPSA) is 116 Å². The SMILES string of the molecule is C[C@@H](/C=C/COC(=O)N1CC2CCC(C1)N2c1ncc(C(F)(F)F)cn1)Nc1cn[nH]c(=O)c1C(F)(F)F. The molecular weight excluding hydrogens is 524 g/mol. The molecule has 2 fully saturated rings. The molecule has 2 aromatic heterocycles. The van der Waals surface area contributed by atoms with Crippen LogP contribution in [-0.2, 0) is 17.1 Å². The summed E-state index contributed by atoms with van der Waals surface area (Å²) in [6, 6.07) is -1.01. The van der Waals surface area contributed by atoms with E-state index in [0.717, 1.165) is 18.6 Å². The maximum atomic E-state index is 13.2. The van der Waals surface area contributed by atoms with E-state index in [4.69, 9.17) is 4.74 Å². The van der Waals surface area contributed by atoms with Crippen LogP contribution >= 0.6 is 0 Å². The molecule has 2 saturated heterocycles. The van der Waals surface area contributed by atoms with Gasteiger partial charge >= 0.3 is 18.4 Å². The Bertz CT molecular complexity index is 1220. The number of anilines is 2. The number of aromatic nitrogens is 4. The summed E-state index contributed by atoms with van der Waals surface area (Å²) in [4.78, 5) is 35.2. The zero-order chi connectivity index (χ0) is 27.7. The molecule has 2 aliphatic rings. The van der Waals surface area contributed by atoms with Crippen LogP contribution in [0.3, 0.4) is 0 Å². The fourth-order valence-electron chi connectivity index (χ4n) is 4.53. The van der Waals surface area contributed by atoms with Crippen LogP contribution in [0.5, 0.6) is 0 Å². The molecular formula is C22H23F6N7O3. The Morgan fingerprint density at radius 2 is 1.76 bits per heavy atom. The zero-order valence-corrected chi connectivity index (χ0v) is 19.9. The Balaban J connectivity index is 1.29. The number of rotatable bonds is 6. The molecule has 3 atom stereocenters. The van der Waals surface area contributed by atoms with E-state index in [1.807, 2.05) is 4.90 Å². The van der Waals surface area contributed by atoms with E-state index in [2.05, 4.69) is 20.4 Å². The van der Waals surface area contributed by atoms with Crippen LogP contribution in [0.4, 0.5) is 42.8 Å². The largest absolute Gasteiger partial charge is 0.445 e. The number of halogens is 6. The number of fused-ring (bicyclic) bond motifs is 2. The molecule has 0 aromatic carbocycles. The summed E-state index contributed by atoms with van der Waals surface area (Å²) in [5.41, 5.74) is -4.19. The first-order valence-electron chi connectivity index (χ1n) is 11.5. The average molecular weight is 547 g/mol. The van der Waals surface area contributed by atoms with Gasteiger partial charge in [-0.25, -0.2) is 19.9 Å². The number of nitrogens with one attached hydrogen (secondary N) is 2. The van der Waals surface area contributed by atoms with Crippen LogP contribution in [0.15, 0.2) is 35.5 Å². The van der Waals surface area contributed by atoms with Crippen LogP contribution in [0.1, 0.15) is 30.9 Å². The minimum Gasteiger partial charge on any atom is -0.445 e. The number of H-pyrrole nitrogens is 1. The van der Waals surface area contributed by atoms with Gasteiger partial charge in [-0.1, -0.05) is 6.08 Å². The van der Waals surface area contributed by atoms with Gasteiger partial charge in [-0.2, -0.15) is 31.4 Å². The van der Waals surface area contributed by atoms with Crippen molar-refractivity contribution in [3.8, 4) is 0 Å². The van der Waals surface area contributed by atoms with Crippen molar-refractivity contribution < 1.29 is 35.9 Å². The Labute approximate surface area is 211 Å². The number of hydrogen-bond donors (Lipinski definition) is 2. The van der Waals surface area contributed by atoms with Crippen LogP contribution in [-0.4, -0.2) is 69.0 Å². The summed E-state index contributed by atoms with van der Waals surface area (Å²) in [5, 5.41) is 7.67. The second kappa shape index (κ2) is 10.5. The van der Waals surface area contributed by atoms with Gasteiger partial charge in [-0.3, -0.25) is 4.79 Å². The second-order valence-electron chi connectivity index (χ2n) is 8.89. The molecule has 2 aromatic rings. The third-order valence-electron chi connectivity index (χ3n) is 6.19. The second-order valence-corrected chi connectivity index (χ2v) is 8.89. The molecule has 16 heteroatoms. The first-order chi connectivity index (χ1) is 17.8. The van der Waals surface area contributed by atoms with Gasteiger partial charge in [0.1, 0.15) is 12.2 Å². The fraction of sp³-hybridized carbons (Fsp3) is 0.500. The van der Waals surface area contributed by atoms with Crippen molar-refractivity contribution in [3.05, 3.63) is 52.2 Å². The fourth-order valence-corrected chi connectivity index (χ4v) is 4.53. The summed E-state index contributed by atoms with van der Waals surface area (Å²) in [5.74, 6) is 0.173. The normalized spacial score (nSPS) is 20.6. The number of carbonyl (C=O) groups is 1. The molecule has 38 heavy (non-hydrogen) atoms. The van der Waals surface area contributed by atoms with Gasteiger partial charge in [0.2, 0.25) is 5.95 Å². The van der Waals surface area contributed by atoms with E-state index >= 15 is 0 Å². The van der Waals surface area contributed by atoms with Crippen molar-refractivity contribution in [1.29, 1.82) is 0 Å². The van der Waals surface area contributed by atoms with Crippen molar-refractivity contribution in [2.75, 3.05) is 29.9 Å². The van der Waals surface area contributed by atoms with E-state index in [1.165, 1.54) is 17.1 Å². The molecule has 4 rings (SSSR count). The Morgan fingerprint density at radius 1 is 1.13 bits per heavy atom. The molecule has 2 unspecified atom stereocenters. The Hall–Kier alpha value is -3.85. The summed E-state index contributed by atoms with van der Waals surface area (Å²) in [7, 11) is 0. The molecule has 0 saturated carbocycles. The monoisotopic (exact) mass is 547 g/mol. The summed E-state index contributed by atoms with van der Waals surface area (Å²) in [6.45, 7) is 1.94. The lowest BCUT2D eigenvalue weighted by atomic mass is 10.2. The molecule has 2 bridgehead atoms. The highest BCUT2D eigenvalue weighted by atomic mass is 19.4. The standard InChI is InChI=1S/C22H23F6N7O3/c1-12(32-16-9-31-33-18(36)17(16)22(26,27)28)3-2-6-38-20(37)34-10-14-4-5-15(11-34)35(14)19-29-7-13(8-30-19)21(23,24)25/h2-3,7-9,12,14-15H,4-6,10-11H2,1H3,(H2,32,33,36)/b3-2+/t12-,14?,15?/m0/s1. The number of ether oxygens (including phenoxy) is 1. The van der Waals surface area contributed by atoms with Gasteiger partial charge in [0.05, 0.1) is 29.5 Å². The lowest BCUT2D eigenvalue weighted by Gasteiger charge is -2.40. The van der Waals surface area contributed by atoms with E-state index in [-0.39, 0.29) is 37.7 Å². The van der Waals surface area contributed by atoms with Gasteiger partial charge in [-0.05, 0) is 25.8 Å². The van der Waals surface area contributed by atoms with E-state index < -0.39 is 46.9 Å². The highest BCUT2D eigenvalue weighted by Crippen LogP contribution is 2.35. The number of piperazine rings is 1. The number of alkyl halides is 6. The van der Waals surface area contributed by atoms with Crippen molar-refractivity contribution in [2.24, 2.45) is 0 Å². The van der Waals surface area contributed by atoms with E-state index in [9.17, 15) is 35.9 Å². The summed E-state index contributed by atoms with van der Waals surface area (Å²) < 4.78 is 83.1. The minimum atomic E-state index is -4.88. The first kappa shape index (κ1) is 27.2. The highest BCUT2D eigenvalue weighted by Gasteiger charge is 2.43. The van der Waals surface area contributed by atoms with Gasteiger partial charge in [0, 0.05) is 31.5 Å². The maximum absolute atomic E-state index is 13.2. The average Bonchev–Trinajstić information content (AvgIpc) is 3.09. The minimum absolute atomic E-state index is 0.151. The summed E-state index contributed by atoms with van der Waals surface area (Å²) in [6.07, 6.45) is -3.34. The molecule has 0 spiro atoms. The molecule has 10 nitrogen and oxygen atoms in total. The molecule has 4 heterocycles. The van der Waals surface area contributed by atoms with Crippen molar-refractivity contribution in [2.45, 2.75) is 50.2 Å². The number of nitrogens with zero attached hydrogens (tertiary/aromatic N) is 5. The molecule has 0 aliphatic carbocycles. The number of hydrogen-bond acceptors (Lipinski definition) is 8. The van der Waals surface area contributed by atoms with E-state index in [1.54, 1.807) is 12.0 Å². The molecule has 1 amide bonds. The Kier molecular flexibility index (Phi) is 7.51. The molecule has 2 aliphatic heterocycles. The highest BCUT2D eigenvalue weighted by molar-refractivity contribution is 5.68. The van der Waals surface area contributed by atoms with Crippen molar-refractivity contribution >= 4 is 17.7 Å². The van der Waals surface area contributed by atoms with E-state index in [0.29, 0.717) is 12.8 Å². The number of likely N-dealkylation sites (tertiary alicyclic amines) is 1. The van der Waals surface area contributed by atoms with Crippen LogP contribution in [0.2, 0.25) is 0 Å². The predicted molar refractivity (Wildman–Crippen MR) is 121 cm³/mol. The number of amides is 1. The third-order valence-corrected chi connectivity index (χ3v) is 6.19. The molecule has 2 N–H and O–H groups in total. The zero-order valence-electron chi connectivity index (χ0n) is 19.9. The third kappa shape index (κ3) is 5.99. The molecule has 206 valence electrons. The van der Waals surface area contributed by atoms with Gasteiger partial charge in [-0.15, -0.1) is 0 Å². The molecule has 0 radical (unpaired) electrons. The smallest absolute Gasteiger partial charge is 0.423 e. The van der Waals surface area contributed by atoms with Gasteiger partial charge < -0.3 is 19.9 Å². The predicted octanol–water partition coefficient (Wildman–Crippen LogP) is 3.44. The van der Waals surface area contributed by atoms with Gasteiger partial charge in [0.15, 0.2) is 0 Å². The van der Waals surface area contributed by atoms with Crippen LogP contribution < -0.4 is 15.8 Å². The quantitative estimate of drug-likeness (QED) is 0.418. The van der Waals surface area contributed by atoms with Crippen molar-refractivity contribution in [1.82, 2.24) is 25.1 Å². The number of aromatic amines is 1. The Morgan fingerprint density at radius 3 is 2.34 bits per heavy atom.